The Morgan fingerprint density at radius 3 is 2.82 bits per heavy atom. The van der Waals surface area contributed by atoms with Gasteiger partial charge in [-0.3, -0.25) is 4.79 Å². The van der Waals surface area contributed by atoms with Crippen molar-refractivity contribution in [3.63, 3.8) is 0 Å². The zero-order chi connectivity index (χ0) is 23.7. The Kier molecular flexibility index (Phi) is 4.84. The van der Waals surface area contributed by atoms with Crippen molar-refractivity contribution in [2.45, 2.75) is 44.0 Å². The number of nitrogens with zero attached hydrogens (tertiary/aromatic N) is 4. The third-order valence-electron chi connectivity index (χ3n) is 7.70. The number of fused-ring (bicyclic) bond motifs is 2. The molecule has 1 saturated carbocycles. The predicted molar refractivity (Wildman–Crippen MR) is 114 cm³/mol. The average molecular weight is 477 g/mol. The lowest BCUT2D eigenvalue weighted by Gasteiger charge is -2.60. The summed E-state index contributed by atoms with van der Waals surface area (Å²) in [6.45, 7) is 2.69. The van der Waals surface area contributed by atoms with Gasteiger partial charge in [0, 0.05) is 44.0 Å². The maximum absolute atomic E-state index is 12.9. The quantitative estimate of drug-likeness (QED) is 0.720. The molecule has 0 unspecified atom stereocenters. The summed E-state index contributed by atoms with van der Waals surface area (Å²) in [4.78, 5) is 32.0. The third-order valence-corrected chi connectivity index (χ3v) is 7.70. The van der Waals surface area contributed by atoms with Crippen LogP contribution in [-0.4, -0.2) is 76.1 Å². The van der Waals surface area contributed by atoms with Gasteiger partial charge in [0.25, 0.3) is 0 Å². The average Bonchev–Trinajstić information content (AvgIpc) is 3.17. The Balaban J connectivity index is 1.00. The van der Waals surface area contributed by atoms with Gasteiger partial charge in [-0.05, 0) is 49.3 Å². The lowest BCUT2D eigenvalue weighted by molar-refractivity contribution is -0.141. The van der Waals surface area contributed by atoms with Gasteiger partial charge >= 0.3 is 12.2 Å². The van der Waals surface area contributed by atoms with Crippen LogP contribution in [0.15, 0.2) is 24.5 Å². The summed E-state index contributed by atoms with van der Waals surface area (Å²) in [6.07, 6.45) is 1.73. The third kappa shape index (κ3) is 3.79. The highest BCUT2D eigenvalue weighted by Gasteiger charge is 2.54. The van der Waals surface area contributed by atoms with E-state index in [9.17, 15) is 22.8 Å². The van der Waals surface area contributed by atoms with Crippen LogP contribution >= 0.6 is 0 Å². The topological polar surface area (TPSA) is 79.2 Å². The van der Waals surface area contributed by atoms with Crippen LogP contribution in [0.3, 0.4) is 0 Å². The molecule has 0 bridgehead atoms. The van der Waals surface area contributed by atoms with Gasteiger partial charge in [0.05, 0.1) is 12.1 Å². The molecule has 3 aliphatic heterocycles. The number of amides is 3. The second-order valence-electron chi connectivity index (χ2n) is 10.3. The minimum absolute atomic E-state index is 0.0156. The number of carbonyl (C=O) groups excluding carboxylic acids is 2. The lowest BCUT2D eigenvalue weighted by Crippen LogP contribution is -2.68. The van der Waals surface area contributed by atoms with E-state index in [1.165, 1.54) is 4.40 Å². The highest BCUT2D eigenvalue weighted by atomic mass is 19.4. The SMILES string of the molecule is O=C1CO[C@H]2CCN(C(=O)N3CC4(CC(Cc5ccn6cc(C(F)(F)F)nc6c5)C4)C3)C[C@H]2N1. The first-order valence-electron chi connectivity index (χ1n) is 11.7. The zero-order valence-corrected chi connectivity index (χ0v) is 18.6. The number of rotatable bonds is 2. The molecule has 4 aliphatic rings. The molecular formula is C23H26F3N5O3. The van der Waals surface area contributed by atoms with Gasteiger partial charge < -0.3 is 24.3 Å². The molecule has 6 rings (SSSR count). The Morgan fingerprint density at radius 1 is 1.26 bits per heavy atom. The van der Waals surface area contributed by atoms with Gasteiger partial charge in [-0.25, -0.2) is 9.78 Å². The Hall–Kier alpha value is -2.82. The van der Waals surface area contributed by atoms with Gasteiger partial charge in [-0.2, -0.15) is 13.2 Å². The van der Waals surface area contributed by atoms with E-state index in [-0.39, 0.29) is 36.1 Å². The van der Waals surface area contributed by atoms with Gasteiger partial charge in [-0.1, -0.05) is 0 Å². The number of morpholine rings is 1. The van der Waals surface area contributed by atoms with E-state index in [0.717, 1.165) is 50.5 Å². The molecule has 5 heterocycles. The van der Waals surface area contributed by atoms with Crippen molar-refractivity contribution in [2.24, 2.45) is 11.3 Å². The number of hydrogen-bond donors (Lipinski definition) is 1. The number of likely N-dealkylation sites (tertiary alicyclic amines) is 2. The monoisotopic (exact) mass is 477 g/mol. The molecule has 8 nitrogen and oxygen atoms in total. The van der Waals surface area contributed by atoms with Crippen LogP contribution in [0, 0.1) is 11.3 Å². The molecular weight excluding hydrogens is 451 g/mol. The van der Waals surface area contributed by atoms with Crippen LogP contribution in [0.2, 0.25) is 0 Å². The van der Waals surface area contributed by atoms with Crippen molar-refractivity contribution >= 4 is 17.6 Å². The summed E-state index contributed by atoms with van der Waals surface area (Å²) in [5.74, 6) is 0.328. The molecule has 1 aliphatic carbocycles. The number of alkyl halides is 3. The number of ether oxygens (including phenoxy) is 1. The van der Waals surface area contributed by atoms with E-state index in [1.807, 2.05) is 15.9 Å². The standard InChI is InChI=1S/C23H26F3N5O3/c24-23(25,26)18-10-29-3-1-14(6-19(29)28-18)5-15-7-22(8-15)12-31(13-22)21(33)30-4-2-17-16(9-30)27-20(32)11-34-17/h1,3,6,10,15-17H,2,4-5,7-9,11-13H2,(H,27,32)/t16-,17+/m1/s1. The number of aromatic nitrogens is 2. The van der Waals surface area contributed by atoms with E-state index in [4.69, 9.17) is 4.74 Å². The van der Waals surface area contributed by atoms with Crippen LogP contribution in [0.25, 0.3) is 5.65 Å². The molecule has 1 N–H and O–H groups in total. The van der Waals surface area contributed by atoms with Crippen molar-refractivity contribution < 1.29 is 27.5 Å². The van der Waals surface area contributed by atoms with E-state index in [1.54, 1.807) is 12.3 Å². The van der Waals surface area contributed by atoms with Gasteiger partial charge in [0.1, 0.15) is 12.3 Å². The molecule has 0 aromatic carbocycles. The number of carbonyl (C=O) groups is 2. The molecule has 2 aromatic rings. The van der Waals surface area contributed by atoms with Crippen molar-refractivity contribution in [1.82, 2.24) is 24.5 Å². The Bertz CT molecular complexity index is 1130. The molecule has 2 aromatic heterocycles. The molecule has 11 heteroatoms. The smallest absolute Gasteiger partial charge is 0.366 e. The molecule has 182 valence electrons. The summed E-state index contributed by atoms with van der Waals surface area (Å²) in [5, 5.41) is 2.93. The van der Waals surface area contributed by atoms with Gasteiger partial charge in [0.15, 0.2) is 5.69 Å². The molecule has 3 saturated heterocycles. The summed E-state index contributed by atoms with van der Waals surface area (Å²) >= 11 is 0. The van der Waals surface area contributed by atoms with Gasteiger partial charge in [-0.15, -0.1) is 0 Å². The summed E-state index contributed by atoms with van der Waals surface area (Å²) in [6, 6.07) is 3.47. The van der Waals surface area contributed by atoms with E-state index in [0.29, 0.717) is 24.7 Å². The first-order chi connectivity index (χ1) is 16.2. The fourth-order valence-corrected chi connectivity index (χ4v) is 6.16. The molecule has 4 fully saturated rings. The van der Waals surface area contributed by atoms with Crippen molar-refractivity contribution in [2.75, 3.05) is 32.8 Å². The highest BCUT2D eigenvalue weighted by Crippen LogP contribution is 2.53. The number of urea groups is 1. The van der Waals surface area contributed by atoms with E-state index < -0.39 is 11.9 Å². The number of piperidine rings is 1. The predicted octanol–water partition coefficient (Wildman–Crippen LogP) is 2.32. The number of pyridine rings is 1. The number of halogens is 3. The van der Waals surface area contributed by atoms with E-state index in [2.05, 4.69) is 10.3 Å². The first kappa shape index (κ1) is 21.7. The minimum Gasteiger partial charge on any atom is -0.366 e. The first-order valence-corrected chi connectivity index (χ1v) is 11.7. The fraction of sp³-hybridized carbons (Fsp3) is 0.609. The number of imidazole rings is 1. The summed E-state index contributed by atoms with van der Waals surface area (Å²) in [5.41, 5.74) is 0.581. The number of nitrogens with one attached hydrogen (secondary N) is 1. The normalized spacial score (nSPS) is 26.7. The summed E-state index contributed by atoms with van der Waals surface area (Å²) in [7, 11) is 0. The largest absolute Gasteiger partial charge is 0.434 e. The van der Waals surface area contributed by atoms with Gasteiger partial charge in [0.2, 0.25) is 5.91 Å². The van der Waals surface area contributed by atoms with Crippen molar-refractivity contribution in [3.05, 3.63) is 35.8 Å². The van der Waals surface area contributed by atoms with Crippen molar-refractivity contribution in [3.8, 4) is 0 Å². The second-order valence-corrected chi connectivity index (χ2v) is 10.3. The van der Waals surface area contributed by atoms with E-state index >= 15 is 0 Å². The molecule has 2 atom stereocenters. The second kappa shape index (κ2) is 7.59. The van der Waals surface area contributed by atoms with Crippen LogP contribution in [0.4, 0.5) is 18.0 Å². The highest BCUT2D eigenvalue weighted by molar-refractivity contribution is 5.79. The minimum atomic E-state index is -4.45. The van der Waals surface area contributed by atoms with Crippen LogP contribution < -0.4 is 5.32 Å². The molecule has 34 heavy (non-hydrogen) atoms. The lowest BCUT2D eigenvalue weighted by atomic mass is 9.56. The van der Waals surface area contributed by atoms with Crippen LogP contribution in [0.5, 0.6) is 0 Å². The Labute approximate surface area is 194 Å². The maximum Gasteiger partial charge on any atom is 0.434 e. The van der Waals surface area contributed by atoms with Crippen LogP contribution in [0.1, 0.15) is 30.5 Å². The molecule has 3 amide bonds. The van der Waals surface area contributed by atoms with Crippen molar-refractivity contribution in [1.29, 1.82) is 0 Å². The molecule has 1 spiro atoms. The zero-order valence-electron chi connectivity index (χ0n) is 18.6. The molecule has 0 radical (unpaired) electrons. The number of hydrogen-bond acceptors (Lipinski definition) is 4. The fourth-order valence-electron chi connectivity index (χ4n) is 6.16. The van der Waals surface area contributed by atoms with Crippen LogP contribution in [-0.2, 0) is 22.1 Å². The maximum atomic E-state index is 12.9. The summed E-state index contributed by atoms with van der Waals surface area (Å²) < 4.78 is 45.7. The Morgan fingerprint density at radius 2 is 2.06 bits per heavy atom.